The maximum atomic E-state index is 12.5. The Balaban J connectivity index is 1.77. The molecule has 2 amide bonds. The van der Waals surface area contributed by atoms with Gasteiger partial charge in [-0.05, 0) is 43.9 Å². The molecule has 106 valence electrons. The molecule has 0 bridgehead atoms. The zero-order valence-electron chi connectivity index (χ0n) is 11.4. The van der Waals surface area contributed by atoms with Crippen LogP contribution < -0.4 is 10.2 Å². The average molecular weight is 337 g/mol. The second-order valence-corrected chi connectivity index (χ2v) is 6.46. The molecule has 5 heteroatoms. The predicted molar refractivity (Wildman–Crippen MR) is 80.5 cm³/mol. The highest BCUT2D eigenvalue weighted by molar-refractivity contribution is 9.10. The van der Waals surface area contributed by atoms with Crippen molar-refractivity contribution in [1.82, 2.24) is 5.32 Å². The Hall–Kier alpha value is -1.36. The number of hydrogen-bond donors (Lipinski definition) is 1. The van der Waals surface area contributed by atoms with Gasteiger partial charge in [0.15, 0.2) is 0 Å². The summed E-state index contributed by atoms with van der Waals surface area (Å²) in [6, 6.07) is 6.17. The zero-order chi connectivity index (χ0) is 14.3. The van der Waals surface area contributed by atoms with Gasteiger partial charge in [-0.3, -0.25) is 9.59 Å². The molecule has 2 fully saturated rings. The molecule has 1 aromatic rings. The minimum Gasteiger partial charge on any atom is -0.353 e. The van der Waals surface area contributed by atoms with Crippen molar-refractivity contribution < 1.29 is 9.59 Å². The summed E-state index contributed by atoms with van der Waals surface area (Å²) in [5, 5.41) is 2.93. The van der Waals surface area contributed by atoms with Gasteiger partial charge in [0.05, 0.1) is 0 Å². The van der Waals surface area contributed by atoms with Crippen molar-refractivity contribution in [2.45, 2.75) is 32.2 Å². The van der Waals surface area contributed by atoms with Gasteiger partial charge in [0.25, 0.3) is 0 Å². The van der Waals surface area contributed by atoms with Crippen LogP contribution in [0.5, 0.6) is 0 Å². The lowest BCUT2D eigenvalue weighted by molar-refractivity contribution is -0.132. The van der Waals surface area contributed by atoms with E-state index in [4.69, 9.17) is 0 Å². The summed E-state index contributed by atoms with van der Waals surface area (Å²) < 4.78 is 0.941. The molecule has 4 nitrogen and oxygen atoms in total. The number of carbonyl (C=O) groups excluding carboxylic acids is 2. The molecule has 0 unspecified atom stereocenters. The number of anilines is 1. The second kappa shape index (κ2) is 5.20. The number of hydrogen-bond acceptors (Lipinski definition) is 2. The van der Waals surface area contributed by atoms with E-state index in [-0.39, 0.29) is 11.8 Å². The highest BCUT2D eigenvalue weighted by Gasteiger charge is 2.39. The maximum Gasteiger partial charge on any atom is 0.239 e. The number of carbonyl (C=O) groups is 2. The molecule has 1 heterocycles. The number of aryl methyl sites for hydroxylation is 1. The fraction of sp³-hybridized carbons (Fsp3) is 0.467. The van der Waals surface area contributed by atoms with Gasteiger partial charge in [-0.2, -0.15) is 0 Å². The third kappa shape index (κ3) is 2.59. The van der Waals surface area contributed by atoms with Gasteiger partial charge in [0, 0.05) is 22.7 Å². The molecular formula is C15H17BrN2O2. The van der Waals surface area contributed by atoms with Crippen molar-refractivity contribution in [3.8, 4) is 0 Å². The lowest BCUT2D eigenvalue weighted by atomic mass is 10.1. The molecule has 3 rings (SSSR count). The van der Waals surface area contributed by atoms with Gasteiger partial charge in [-0.15, -0.1) is 0 Å². The third-order valence-electron chi connectivity index (χ3n) is 3.91. The van der Waals surface area contributed by atoms with Crippen LogP contribution in [0.25, 0.3) is 0 Å². The zero-order valence-corrected chi connectivity index (χ0v) is 12.9. The quantitative estimate of drug-likeness (QED) is 0.861. The molecule has 1 aliphatic carbocycles. The van der Waals surface area contributed by atoms with Gasteiger partial charge in [-0.1, -0.05) is 22.0 Å². The molecule has 1 aromatic carbocycles. The molecule has 1 N–H and O–H groups in total. The number of rotatable bonds is 3. The van der Waals surface area contributed by atoms with Crippen LogP contribution in [-0.4, -0.2) is 24.4 Å². The highest BCUT2D eigenvalue weighted by atomic mass is 79.9. The highest BCUT2D eigenvalue weighted by Crippen LogP contribution is 2.31. The van der Waals surface area contributed by atoms with Crippen molar-refractivity contribution in [3.05, 3.63) is 28.2 Å². The molecule has 0 aromatic heterocycles. The van der Waals surface area contributed by atoms with Crippen molar-refractivity contribution >= 4 is 33.4 Å². The third-order valence-corrected chi connectivity index (χ3v) is 4.40. The van der Waals surface area contributed by atoms with E-state index < -0.39 is 5.92 Å². The van der Waals surface area contributed by atoms with E-state index in [0.717, 1.165) is 28.6 Å². The predicted octanol–water partition coefficient (Wildman–Crippen LogP) is 2.39. The largest absolute Gasteiger partial charge is 0.353 e. The SMILES string of the molecule is Cc1ccc(Br)cc1N1CC[C@@H](C(=O)NC2CC2)C1=O. The summed E-state index contributed by atoms with van der Waals surface area (Å²) in [6.07, 6.45) is 2.69. The van der Waals surface area contributed by atoms with E-state index in [1.807, 2.05) is 25.1 Å². The first-order valence-electron chi connectivity index (χ1n) is 6.94. The van der Waals surface area contributed by atoms with Gasteiger partial charge in [-0.25, -0.2) is 0 Å². The summed E-state index contributed by atoms with van der Waals surface area (Å²) in [6.45, 7) is 2.59. The Morgan fingerprint density at radius 3 is 2.80 bits per heavy atom. The molecule has 1 saturated heterocycles. The summed E-state index contributed by atoms with van der Waals surface area (Å²) in [7, 11) is 0. The van der Waals surface area contributed by atoms with Gasteiger partial charge < -0.3 is 10.2 Å². The van der Waals surface area contributed by atoms with Crippen molar-refractivity contribution in [2.75, 3.05) is 11.4 Å². The smallest absolute Gasteiger partial charge is 0.239 e. The maximum absolute atomic E-state index is 12.5. The van der Waals surface area contributed by atoms with Crippen molar-refractivity contribution in [2.24, 2.45) is 5.92 Å². The Morgan fingerprint density at radius 2 is 2.10 bits per heavy atom. The van der Waals surface area contributed by atoms with E-state index >= 15 is 0 Å². The van der Waals surface area contributed by atoms with Crippen LogP contribution in [0.2, 0.25) is 0 Å². The van der Waals surface area contributed by atoms with Crippen LogP contribution in [0.15, 0.2) is 22.7 Å². The van der Waals surface area contributed by atoms with Crippen LogP contribution in [-0.2, 0) is 9.59 Å². The number of halogens is 1. The number of nitrogens with one attached hydrogen (secondary N) is 1. The summed E-state index contributed by atoms with van der Waals surface area (Å²) >= 11 is 3.43. The number of benzene rings is 1. The van der Waals surface area contributed by atoms with E-state index in [0.29, 0.717) is 19.0 Å². The molecule has 1 aliphatic heterocycles. The first-order chi connectivity index (χ1) is 9.56. The number of amides is 2. The fourth-order valence-corrected chi connectivity index (χ4v) is 2.91. The Kier molecular flexibility index (Phi) is 3.54. The summed E-state index contributed by atoms with van der Waals surface area (Å²) in [5.74, 6) is -0.703. The lowest BCUT2D eigenvalue weighted by Crippen LogP contribution is -2.37. The van der Waals surface area contributed by atoms with Crippen LogP contribution in [0.3, 0.4) is 0 Å². The van der Waals surface area contributed by atoms with Crippen LogP contribution >= 0.6 is 15.9 Å². The minimum absolute atomic E-state index is 0.0793. The van der Waals surface area contributed by atoms with Crippen LogP contribution in [0.4, 0.5) is 5.69 Å². The normalized spacial score (nSPS) is 22.2. The topological polar surface area (TPSA) is 49.4 Å². The molecule has 1 atom stereocenters. The van der Waals surface area contributed by atoms with Crippen molar-refractivity contribution in [1.29, 1.82) is 0 Å². The summed E-state index contributed by atoms with van der Waals surface area (Å²) in [5.41, 5.74) is 1.94. The van der Waals surface area contributed by atoms with Gasteiger partial charge in [0.1, 0.15) is 5.92 Å². The molecule has 1 saturated carbocycles. The monoisotopic (exact) mass is 336 g/mol. The van der Waals surface area contributed by atoms with E-state index in [1.165, 1.54) is 0 Å². The van der Waals surface area contributed by atoms with Crippen LogP contribution in [0, 0.1) is 12.8 Å². The molecular weight excluding hydrogens is 320 g/mol. The Bertz CT molecular complexity index is 569. The Labute approximate surface area is 126 Å². The van der Waals surface area contributed by atoms with Crippen LogP contribution in [0.1, 0.15) is 24.8 Å². The average Bonchev–Trinajstić information content (AvgIpc) is 3.13. The Morgan fingerprint density at radius 1 is 1.35 bits per heavy atom. The van der Waals surface area contributed by atoms with Gasteiger partial charge >= 0.3 is 0 Å². The van der Waals surface area contributed by atoms with E-state index in [1.54, 1.807) is 4.90 Å². The molecule has 20 heavy (non-hydrogen) atoms. The van der Waals surface area contributed by atoms with E-state index in [9.17, 15) is 9.59 Å². The first kappa shape index (κ1) is 13.6. The minimum atomic E-state index is -0.519. The molecule has 0 radical (unpaired) electrons. The standard InChI is InChI=1S/C15H17BrN2O2/c1-9-2-3-10(16)8-13(9)18-7-6-12(15(18)20)14(19)17-11-4-5-11/h2-3,8,11-12H,4-7H2,1H3,(H,17,19)/t12-/m0/s1. The lowest BCUT2D eigenvalue weighted by Gasteiger charge is -2.19. The number of nitrogens with zero attached hydrogens (tertiary/aromatic N) is 1. The van der Waals surface area contributed by atoms with E-state index in [2.05, 4.69) is 21.2 Å². The van der Waals surface area contributed by atoms with Gasteiger partial charge in [0.2, 0.25) is 11.8 Å². The molecule has 0 spiro atoms. The summed E-state index contributed by atoms with van der Waals surface area (Å²) in [4.78, 5) is 26.3. The molecule has 2 aliphatic rings. The van der Waals surface area contributed by atoms with Crippen molar-refractivity contribution in [3.63, 3.8) is 0 Å². The fourth-order valence-electron chi connectivity index (χ4n) is 2.57. The first-order valence-corrected chi connectivity index (χ1v) is 7.73. The second-order valence-electron chi connectivity index (χ2n) is 5.54.